The summed E-state index contributed by atoms with van der Waals surface area (Å²) in [6.07, 6.45) is -3.13. The highest BCUT2D eigenvalue weighted by atomic mass is 32.2. The highest BCUT2D eigenvalue weighted by Gasteiger charge is 2.40. The number of aryl methyl sites for hydroxylation is 1. The highest BCUT2D eigenvalue weighted by molar-refractivity contribution is 7.99. The Kier molecular flexibility index (Phi) is 5.13. The Morgan fingerprint density at radius 2 is 1.73 bits per heavy atom. The highest BCUT2D eigenvalue weighted by Crippen LogP contribution is 2.43. The van der Waals surface area contributed by atoms with Crippen molar-refractivity contribution in [2.75, 3.05) is 7.11 Å². The summed E-state index contributed by atoms with van der Waals surface area (Å²) in [7, 11) is 1.15. The minimum Gasteiger partial charge on any atom is -0.480 e. The standard InChI is InChI=1S/C18H14F3N3OS/c1-11-6-8-12(9-7-11)26-17-14(18(19,20)21)16(25-2)23-15(24-17)13-5-3-4-10-22-13/h3-10H,1-2H3. The molecule has 2 heterocycles. The molecule has 3 rings (SSSR count). The van der Waals surface area contributed by atoms with Gasteiger partial charge in [-0.25, -0.2) is 4.98 Å². The summed E-state index contributed by atoms with van der Waals surface area (Å²) in [6.45, 7) is 1.91. The minimum atomic E-state index is -4.65. The van der Waals surface area contributed by atoms with Gasteiger partial charge < -0.3 is 4.74 Å². The average Bonchev–Trinajstić information content (AvgIpc) is 2.62. The molecule has 4 nitrogen and oxygen atoms in total. The second-order valence-electron chi connectivity index (χ2n) is 5.36. The van der Waals surface area contributed by atoms with Gasteiger partial charge in [0.25, 0.3) is 0 Å². The maximum atomic E-state index is 13.6. The molecule has 134 valence electrons. The monoisotopic (exact) mass is 377 g/mol. The number of hydrogen-bond acceptors (Lipinski definition) is 5. The van der Waals surface area contributed by atoms with Gasteiger partial charge in [0.1, 0.15) is 10.7 Å². The van der Waals surface area contributed by atoms with Crippen molar-refractivity contribution < 1.29 is 17.9 Å². The molecule has 2 aromatic heterocycles. The van der Waals surface area contributed by atoms with Gasteiger partial charge in [-0.1, -0.05) is 35.5 Å². The first-order valence-electron chi connectivity index (χ1n) is 7.57. The molecule has 0 spiro atoms. The van der Waals surface area contributed by atoms with Crippen molar-refractivity contribution >= 4 is 11.8 Å². The van der Waals surface area contributed by atoms with Crippen molar-refractivity contribution in [1.82, 2.24) is 15.0 Å². The fourth-order valence-electron chi connectivity index (χ4n) is 2.21. The maximum absolute atomic E-state index is 13.6. The topological polar surface area (TPSA) is 47.9 Å². The van der Waals surface area contributed by atoms with E-state index in [1.54, 1.807) is 30.3 Å². The summed E-state index contributed by atoms with van der Waals surface area (Å²) in [4.78, 5) is 12.8. The summed E-state index contributed by atoms with van der Waals surface area (Å²) in [5.41, 5.74) is 0.385. The third kappa shape index (κ3) is 3.96. The number of rotatable bonds is 4. The van der Waals surface area contributed by atoms with Gasteiger partial charge in [0, 0.05) is 11.1 Å². The van der Waals surface area contributed by atoms with Gasteiger partial charge in [0.05, 0.1) is 7.11 Å². The van der Waals surface area contributed by atoms with Crippen LogP contribution in [0.5, 0.6) is 5.88 Å². The van der Waals surface area contributed by atoms with E-state index >= 15 is 0 Å². The lowest BCUT2D eigenvalue weighted by Crippen LogP contribution is -2.13. The lowest BCUT2D eigenvalue weighted by molar-refractivity contribution is -0.141. The second-order valence-corrected chi connectivity index (χ2v) is 6.43. The molecular weight excluding hydrogens is 363 g/mol. The Morgan fingerprint density at radius 3 is 2.31 bits per heavy atom. The number of pyridine rings is 1. The molecule has 0 unspecified atom stereocenters. The van der Waals surface area contributed by atoms with E-state index in [1.165, 1.54) is 6.20 Å². The first kappa shape index (κ1) is 18.2. The fraction of sp³-hybridized carbons (Fsp3) is 0.167. The number of ether oxygens (including phenoxy) is 1. The zero-order valence-electron chi connectivity index (χ0n) is 13.9. The number of nitrogens with zero attached hydrogens (tertiary/aromatic N) is 3. The second kappa shape index (κ2) is 7.33. The van der Waals surface area contributed by atoms with Crippen LogP contribution in [0, 0.1) is 6.92 Å². The van der Waals surface area contributed by atoms with Crippen LogP contribution in [0.1, 0.15) is 11.1 Å². The molecule has 0 atom stereocenters. The van der Waals surface area contributed by atoms with Crippen LogP contribution in [0.3, 0.4) is 0 Å². The Bertz CT molecular complexity index is 900. The van der Waals surface area contributed by atoms with Gasteiger partial charge in [-0.15, -0.1) is 0 Å². The third-order valence-corrected chi connectivity index (χ3v) is 4.45. The zero-order chi connectivity index (χ0) is 18.7. The van der Waals surface area contributed by atoms with E-state index in [4.69, 9.17) is 4.74 Å². The van der Waals surface area contributed by atoms with Crippen LogP contribution in [0.4, 0.5) is 13.2 Å². The predicted molar refractivity (Wildman–Crippen MR) is 92.1 cm³/mol. The number of benzene rings is 1. The molecule has 0 aliphatic heterocycles. The van der Waals surface area contributed by atoms with Crippen molar-refractivity contribution in [3.05, 3.63) is 59.8 Å². The number of alkyl halides is 3. The molecule has 0 fully saturated rings. The molecule has 3 aromatic rings. The van der Waals surface area contributed by atoms with Gasteiger partial charge in [-0.05, 0) is 31.2 Å². The number of hydrogen-bond donors (Lipinski definition) is 0. The summed E-state index contributed by atoms with van der Waals surface area (Å²) in [5, 5.41) is -0.228. The summed E-state index contributed by atoms with van der Waals surface area (Å²) in [5.74, 6) is -0.451. The van der Waals surface area contributed by atoms with Crippen LogP contribution in [-0.2, 0) is 6.18 Å². The molecule has 0 saturated heterocycles. The molecule has 0 aliphatic rings. The van der Waals surface area contributed by atoms with Gasteiger partial charge in [0.2, 0.25) is 5.88 Å². The Labute approximate surface area is 152 Å². The van der Waals surface area contributed by atoms with Crippen molar-refractivity contribution in [3.63, 3.8) is 0 Å². The predicted octanol–water partition coefficient (Wildman–Crippen LogP) is 5.03. The van der Waals surface area contributed by atoms with Crippen LogP contribution < -0.4 is 4.74 Å². The van der Waals surface area contributed by atoms with E-state index in [0.717, 1.165) is 24.4 Å². The van der Waals surface area contributed by atoms with Gasteiger partial charge in [-0.2, -0.15) is 18.2 Å². The molecule has 1 aromatic carbocycles. The van der Waals surface area contributed by atoms with Gasteiger partial charge >= 0.3 is 6.18 Å². The maximum Gasteiger partial charge on any atom is 0.424 e. The molecule has 0 bridgehead atoms. The largest absolute Gasteiger partial charge is 0.480 e. The molecule has 0 aliphatic carbocycles. The smallest absolute Gasteiger partial charge is 0.424 e. The molecule has 0 radical (unpaired) electrons. The third-order valence-electron chi connectivity index (χ3n) is 3.45. The Morgan fingerprint density at radius 1 is 1.00 bits per heavy atom. The van der Waals surface area contributed by atoms with E-state index < -0.39 is 17.6 Å². The number of methoxy groups -OCH3 is 1. The van der Waals surface area contributed by atoms with Crippen LogP contribution in [0.2, 0.25) is 0 Å². The first-order chi connectivity index (χ1) is 12.4. The molecule has 26 heavy (non-hydrogen) atoms. The molecule has 0 amide bonds. The van der Waals surface area contributed by atoms with Crippen LogP contribution in [-0.4, -0.2) is 22.1 Å². The van der Waals surface area contributed by atoms with Crippen LogP contribution >= 0.6 is 11.8 Å². The van der Waals surface area contributed by atoms with E-state index in [9.17, 15) is 13.2 Å². The van der Waals surface area contributed by atoms with Gasteiger partial charge in [0.15, 0.2) is 11.4 Å². The SMILES string of the molecule is COc1nc(-c2ccccn2)nc(Sc2ccc(C)cc2)c1C(F)(F)F. The zero-order valence-corrected chi connectivity index (χ0v) is 14.7. The van der Waals surface area contributed by atoms with Crippen molar-refractivity contribution in [2.45, 2.75) is 23.0 Å². The quantitative estimate of drug-likeness (QED) is 0.597. The van der Waals surface area contributed by atoms with E-state index in [2.05, 4.69) is 15.0 Å². The van der Waals surface area contributed by atoms with Gasteiger partial charge in [-0.3, -0.25) is 4.98 Å². The average molecular weight is 377 g/mol. The molecular formula is C18H14F3N3OS. The van der Waals surface area contributed by atoms with E-state index in [-0.39, 0.29) is 10.9 Å². The molecule has 0 saturated carbocycles. The Balaban J connectivity index is 2.16. The van der Waals surface area contributed by atoms with Crippen molar-refractivity contribution in [1.29, 1.82) is 0 Å². The fourth-order valence-corrected chi connectivity index (χ4v) is 3.14. The summed E-state index contributed by atoms with van der Waals surface area (Å²) >= 11 is 0.909. The van der Waals surface area contributed by atoms with Crippen molar-refractivity contribution in [3.8, 4) is 17.4 Å². The van der Waals surface area contributed by atoms with Crippen LogP contribution in [0.15, 0.2) is 58.6 Å². The molecule has 0 N–H and O–H groups in total. The van der Waals surface area contributed by atoms with E-state index in [0.29, 0.717) is 10.6 Å². The lowest BCUT2D eigenvalue weighted by atomic mass is 10.2. The lowest BCUT2D eigenvalue weighted by Gasteiger charge is -2.16. The molecule has 8 heteroatoms. The normalized spacial score (nSPS) is 11.4. The van der Waals surface area contributed by atoms with Crippen molar-refractivity contribution in [2.24, 2.45) is 0 Å². The first-order valence-corrected chi connectivity index (χ1v) is 8.39. The number of halogens is 3. The number of aromatic nitrogens is 3. The Hall–Kier alpha value is -2.61. The van der Waals surface area contributed by atoms with E-state index in [1.807, 2.05) is 19.1 Å². The summed E-state index contributed by atoms with van der Waals surface area (Å²) < 4.78 is 45.7. The minimum absolute atomic E-state index is 0.0741. The van der Waals surface area contributed by atoms with Crippen LogP contribution in [0.25, 0.3) is 11.5 Å². The summed E-state index contributed by atoms with van der Waals surface area (Å²) in [6, 6.07) is 12.2.